The van der Waals surface area contributed by atoms with Gasteiger partial charge in [0.15, 0.2) is 11.5 Å². The molecule has 0 aromatic heterocycles. The SMILES string of the molecule is COC(=O)c1cc(Oc2cc(C#N)c(C#N)cc2Oc2cc(C(=O)OC)cc(C(=O)OC)c2)cc(C(=O)OC)c1. The number of hydrogen-bond donors (Lipinski definition) is 0. The van der Waals surface area contributed by atoms with E-state index < -0.39 is 23.9 Å². The van der Waals surface area contributed by atoms with Crippen LogP contribution in [-0.4, -0.2) is 52.3 Å². The van der Waals surface area contributed by atoms with Crippen LogP contribution in [0.15, 0.2) is 48.5 Å². The molecule has 12 nitrogen and oxygen atoms in total. The van der Waals surface area contributed by atoms with Crippen LogP contribution in [0.2, 0.25) is 0 Å². The number of esters is 4. The predicted molar refractivity (Wildman–Crippen MR) is 134 cm³/mol. The van der Waals surface area contributed by atoms with Crippen molar-refractivity contribution in [2.45, 2.75) is 0 Å². The van der Waals surface area contributed by atoms with Crippen LogP contribution in [0.4, 0.5) is 0 Å². The van der Waals surface area contributed by atoms with Crippen molar-refractivity contribution in [2.75, 3.05) is 28.4 Å². The van der Waals surface area contributed by atoms with Gasteiger partial charge < -0.3 is 28.4 Å². The zero-order chi connectivity index (χ0) is 29.4. The second-order valence-corrected chi connectivity index (χ2v) is 7.73. The Bertz CT molecular complexity index is 1410. The molecule has 0 aliphatic rings. The van der Waals surface area contributed by atoms with Gasteiger partial charge in [-0.3, -0.25) is 0 Å². The highest BCUT2D eigenvalue weighted by Gasteiger charge is 2.20. The summed E-state index contributed by atoms with van der Waals surface area (Å²) in [4.78, 5) is 48.8. The summed E-state index contributed by atoms with van der Waals surface area (Å²) in [6.45, 7) is 0. The maximum Gasteiger partial charge on any atom is 0.338 e. The van der Waals surface area contributed by atoms with Gasteiger partial charge in [-0.05, 0) is 36.4 Å². The van der Waals surface area contributed by atoms with Gasteiger partial charge in [-0.2, -0.15) is 10.5 Å². The summed E-state index contributed by atoms with van der Waals surface area (Å²) in [5.74, 6) is -3.37. The number of ether oxygens (including phenoxy) is 6. The highest BCUT2D eigenvalue weighted by Crippen LogP contribution is 2.38. The summed E-state index contributed by atoms with van der Waals surface area (Å²) in [6, 6.07) is 13.8. The van der Waals surface area contributed by atoms with E-state index in [1.54, 1.807) is 0 Å². The molecular weight excluding hydrogens is 524 g/mol. The molecule has 0 fully saturated rings. The topological polar surface area (TPSA) is 171 Å². The third-order valence-electron chi connectivity index (χ3n) is 5.28. The average molecular weight is 544 g/mol. The zero-order valence-electron chi connectivity index (χ0n) is 21.6. The standard InChI is InChI=1S/C28H20N2O10/c1-35-25(31)15-5-16(26(32)36-2)8-21(7-15)39-23-11-19(13-29)20(14-30)12-24(23)40-22-9-17(27(33)37-3)6-18(10-22)28(34)38-4/h5-12H,1-4H3. The Morgan fingerprint density at radius 2 is 0.775 bits per heavy atom. The maximum atomic E-state index is 12.2. The molecule has 12 heteroatoms. The first-order valence-corrected chi connectivity index (χ1v) is 11.1. The van der Waals surface area contributed by atoms with Crippen LogP contribution in [0.1, 0.15) is 52.6 Å². The van der Waals surface area contributed by atoms with Crippen molar-refractivity contribution in [1.29, 1.82) is 10.5 Å². The monoisotopic (exact) mass is 544 g/mol. The molecule has 0 atom stereocenters. The predicted octanol–water partition coefficient (Wildman–Crippen LogP) is 4.16. The van der Waals surface area contributed by atoms with Crippen LogP contribution in [0.3, 0.4) is 0 Å². The molecule has 40 heavy (non-hydrogen) atoms. The fourth-order valence-electron chi connectivity index (χ4n) is 3.42. The first-order valence-electron chi connectivity index (χ1n) is 11.1. The molecule has 0 aliphatic carbocycles. The van der Waals surface area contributed by atoms with E-state index in [1.807, 2.05) is 12.1 Å². The number of rotatable bonds is 8. The Balaban J connectivity index is 2.18. The fraction of sp³-hybridized carbons (Fsp3) is 0.143. The lowest BCUT2D eigenvalue weighted by Crippen LogP contribution is -2.07. The lowest BCUT2D eigenvalue weighted by molar-refractivity contribution is 0.0581. The Hall–Kier alpha value is -5.88. The number of carbonyl (C=O) groups is 4. The summed E-state index contributed by atoms with van der Waals surface area (Å²) in [6.07, 6.45) is 0. The number of carbonyl (C=O) groups excluding carboxylic acids is 4. The molecule has 202 valence electrons. The van der Waals surface area contributed by atoms with Gasteiger partial charge in [-0.25, -0.2) is 19.2 Å². The molecule has 0 bridgehead atoms. The van der Waals surface area contributed by atoms with Crippen molar-refractivity contribution in [3.63, 3.8) is 0 Å². The lowest BCUT2D eigenvalue weighted by Gasteiger charge is -2.15. The molecule has 0 saturated carbocycles. The van der Waals surface area contributed by atoms with Crippen LogP contribution in [-0.2, 0) is 18.9 Å². The molecule has 3 aromatic carbocycles. The van der Waals surface area contributed by atoms with Gasteiger partial charge in [-0.15, -0.1) is 0 Å². The van der Waals surface area contributed by atoms with Gasteiger partial charge in [0.2, 0.25) is 0 Å². The van der Waals surface area contributed by atoms with Crippen LogP contribution in [0.5, 0.6) is 23.0 Å². The number of nitrogens with zero attached hydrogens (tertiary/aromatic N) is 2. The van der Waals surface area contributed by atoms with Crippen LogP contribution in [0, 0.1) is 22.7 Å². The largest absolute Gasteiger partial charge is 0.465 e. The molecule has 0 spiro atoms. The van der Waals surface area contributed by atoms with Gasteiger partial charge in [0, 0.05) is 12.1 Å². The minimum atomic E-state index is -0.764. The first kappa shape index (κ1) is 28.7. The fourth-order valence-corrected chi connectivity index (χ4v) is 3.42. The average Bonchev–Trinajstić information content (AvgIpc) is 2.99. The van der Waals surface area contributed by atoms with E-state index in [2.05, 4.69) is 0 Å². The molecule has 0 N–H and O–H groups in total. The first-order chi connectivity index (χ1) is 19.2. The van der Waals surface area contributed by atoms with Gasteiger partial charge >= 0.3 is 23.9 Å². The Labute approximate surface area is 227 Å². The van der Waals surface area contributed by atoms with E-state index in [0.29, 0.717) is 0 Å². The van der Waals surface area contributed by atoms with Gasteiger partial charge in [0.25, 0.3) is 0 Å². The smallest absolute Gasteiger partial charge is 0.338 e. The van der Waals surface area contributed by atoms with Crippen molar-refractivity contribution >= 4 is 23.9 Å². The van der Waals surface area contributed by atoms with E-state index >= 15 is 0 Å². The Morgan fingerprint density at radius 3 is 1.00 bits per heavy atom. The molecule has 3 rings (SSSR count). The van der Waals surface area contributed by atoms with E-state index in [1.165, 1.54) is 48.5 Å². The minimum Gasteiger partial charge on any atom is -0.465 e. The van der Waals surface area contributed by atoms with Crippen LogP contribution < -0.4 is 9.47 Å². The minimum absolute atomic E-state index is 0.0366. The zero-order valence-corrected chi connectivity index (χ0v) is 21.6. The third kappa shape index (κ3) is 6.33. The van der Waals surface area contributed by atoms with Crippen molar-refractivity contribution in [2.24, 2.45) is 0 Å². The summed E-state index contributed by atoms with van der Waals surface area (Å²) in [7, 11) is 4.63. The van der Waals surface area contributed by atoms with Gasteiger partial charge in [0.05, 0.1) is 61.8 Å². The molecule has 0 heterocycles. The van der Waals surface area contributed by atoms with Crippen LogP contribution >= 0.6 is 0 Å². The van der Waals surface area contributed by atoms with Crippen molar-refractivity contribution in [1.82, 2.24) is 0 Å². The van der Waals surface area contributed by atoms with Crippen molar-refractivity contribution in [3.05, 3.63) is 81.9 Å². The van der Waals surface area contributed by atoms with E-state index in [0.717, 1.165) is 28.4 Å². The Morgan fingerprint density at radius 1 is 0.500 bits per heavy atom. The van der Waals surface area contributed by atoms with Crippen LogP contribution in [0.25, 0.3) is 0 Å². The van der Waals surface area contributed by atoms with Crippen molar-refractivity contribution < 1.29 is 47.6 Å². The lowest BCUT2D eigenvalue weighted by atomic mass is 10.1. The molecule has 0 saturated heterocycles. The second-order valence-electron chi connectivity index (χ2n) is 7.73. The molecule has 3 aromatic rings. The number of benzene rings is 3. The van der Waals surface area contributed by atoms with Gasteiger partial charge in [-0.1, -0.05) is 0 Å². The van der Waals surface area contributed by atoms with Crippen molar-refractivity contribution in [3.8, 4) is 35.1 Å². The Kier molecular flexibility index (Phi) is 9.02. The number of methoxy groups -OCH3 is 4. The summed E-state index contributed by atoms with van der Waals surface area (Å²) < 4.78 is 30.7. The molecular formula is C28H20N2O10. The van der Waals surface area contributed by atoms with Gasteiger partial charge in [0.1, 0.15) is 23.6 Å². The third-order valence-corrected chi connectivity index (χ3v) is 5.28. The quantitative estimate of drug-likeness (QED) is 0.293. The number of hydrogen-bond acceptors (Lipinski definition) is 12. The molecule has 0 aliphatic heterocycles. The molecule has 0 amide bonds. The normalized spacial score (nSPS) is 9.85. The summed E-state index contributed by atoms with van der Waals surface area (Å²) in [5.41, 5.74) is -0.284. The summed E-state index contributed by atoms with van der Waals surface area (Å²) in [5, 5.41) is 19.1. The van der Waals surface area contributed by atoms with E-state index in [-0.39, 0.29) is 56.4 Å². The number of nitriles is 2. The molecule has 0 unspecified atom stereocenters. The van der Waals surface area contributed by atoms with E-state index in [9.17, 15) is 29.7 Å². The summed E-state index contributed by atoms with van der Waals surface area (Å²) >= 11 is 0. The highest BCUT2D eigenvalue weighted by molar-refractivity contribution is 5.97. The molecule has 0 radical (unpaired) electrons. The maximum absolute atomic E-state index is 12.2. The highest BCUT2D eigenvalue weighted by atomic mass is 16.5. The van der Waals surface area contributed by atoms with E-state index in [4.69, 9.17) is 28.4 Å². The second kappa shape index (κ2) is 12.6.